The van der Waals surface area contributed by atoms with Crippen LogP contribution in [0, 0.1) is 6.92 Å². The van der Waals surface area contributed by atoms with Gasteiger partial charge in [0, 0.05) is 15.4 Å². The van der Waals surface area contributed by atoms with Crippen molar-refractivity contribution < 1.29 is 0 Å². The van der Waals surface area contributed by atoms with Crippen molar-refractivity contribution in [3.8, 4) is 0 Å². The zero-order chi connectivity index (χ0) is 14.5. The van der Waals surface area contributed by atoms with Gasteiger partial charge in [-0.3, -0.25) is 0 Å². The molecule has 1 heterocycles. The quantitative estimate of drug-likeness (QED) is 0.680. The van der Waals surface area contributed by atoms with Crippen LogP contribution in [0.3, 0.4) is 0 Å². The molecular weight excluding hydrogens is 354 g/mol. The van der Waals surface area contributed by atoms with Crippen molar-refractivity contribution in [1.82, 2.24) is 5.32 Å². The molecule has 1 nitrogen and oxygen atoms in total. The highest BCUT2D eigenvalue weighted by Crippen LogP contribution is 2.36. The van der Waals surface area contributed by atoms with Crippen molar-refractivity contribution >= 4 is 38.9 Å². The zero-order valence-corrected chi connectivity index (χ0v) is 14.9. The number of thiophene rings is 1. The Morgan fingerprint density at radius 3 is 2.55 bits per heavy atom. The van der Waals surface area contributed by atoms with Gasteiger partial charge in [-0.2, -0.15) is 0 Å². The average Bonchev–Trinajstić information content (AvgIpc) is 2.77. The van der Waals surface area contributed by atoms with Gasteiger partial charge in [-0.1, -0.05) is 48.4 Å². The normalized spacial score (nSPS) is 12.6. The fraction of sp³-hybridized carbons (Fsp3) is 0.375. The molecule has 0 radical (unpaired) electrons. The van der Waals surface area contributed by atoms with Crippen LogP contribution in [0.25, 0.3) is 0 Å². The van der Waals surface area contributed by atoms with Gasteiger partial charge in [-0.05, 0) is 53.9 Å². The second kappa shape index (κ2) is 7.60. The van der Waals surface area contributed by atoms with Gasteiger partial charge in [-0.25, -0.2) is 0 Å². The molecule has 1 aromatic heterocycles. The second-order valence-electron chi connectivity index (χ2n) is 4.97. The number of rotatable bonds is 6. The zero-order valence-electron chi connectivity index (χ0n) is 11.7. The molecule has 2 rings (SSSR count). The van der Waals surface area contributed by atoms with Crippen LogP contribution in [0.1, 0.15) is 35.4 Å². The first-order valence-corrected chi connectivity index (χ1v) is 8.82. The SMILES string of the molecule is CCCNC(Cc1ccc(C)cc1)c1cc(Br)c(Cl)s1. The van der Waals surface area contributed by atoms with Gasteiger partial charge < -0.3 is 5.32 Å². The van der Waals surface area contributed by atoms with Gasteiger partial charge in [0.1, 0.15) is 4.34 Å². The Balaban J connectivity index is 2.16. The van der Waals surface area contributed by atoms with Crippen LogP contribution in [-0.4, -0.2) is 6.54 Å². The molecule has 0 fully saturated rings. The molecule has 0 aliphatic heterocycles. The molecule has 0 aliphatic rings. The number of hydrogen-bond acceptors (Lipinski definition) is 2. The molecule has 0 amide bonds. The van der Waals surface area contributed by atoms with Crippen LogP contribution in [0.5, 0.6) is 0 Å². The predicted octanol–water partition coefficient (Wildman–Crippen LogP) is 5.76. The maximum absolute atomic E-state index is 6.18. The van der Waals surface area contributed by atoms with Gasteiger partial charge in [0.05, 0.1) is 0 Å². The molecule has 0 spiro atoms. The van der Waals surface area contributed by atoms with Crippen LogP contribution >= 0.6 is 38.9 Å². The minimum absolute atomic E-state index is 0.325. The summed E-state index contributed by atoms with van der Waals surface area (Å²) >= 11 is 11.3. The smallest absolute Gasteiger partial charge is 0.107 e. The Hall–Kier alpha value is -0.350. The third kappa shape index (κ3) is 4.32. The van der Waals surface area contributed by atoms with Crippen molar-refractivity contribution in [1.29, 1.82) is 0 Å². The second-order valence-corrected chi connectivity index (χ2v) is 7.51. The Kier molecular flexibility index (Phi) is 6.09. The molecule has 20 heavy (non-hydrogen) atoms. The van der Waals surface area contributed by atoms with E-state index in [2.05, 4.69) is 65.4 Å². The third-order valence-electron chi connectivity index (χ3n) is 3.21. The lowest BCUT2D eigenvalue weighted by molar-refractivity contribution is 0.536. The van der Waals surface area contributed by atoms with Crippen molar-refractivity contribution in [3.63, 3.8) is 0 Å². The van der Waals surface area contributed by atoms with E-state index < -0.39 is 0 Å². The van der Waals surface area contributed by atoms with E-state index in [4.69, 9.17) is 11.6 Å². The first-order valence-electron chi connectivity index (χ1n) is 6.83. The third-order valence-corrected chi connectivity index (χ3v) is 5.80. The highest BCUT2D eigenvalue weighted by molar-refractivity contribution is 9.10. The van der Waals surface area contributed by atoms with Crippen molar-refractivity contribution in [2.45, 2.75) is 32.7 Å². The van der Waals surface area contributed by atoms with Crippen LogP contribution < -0.4 is 5.32 Å². The molecule has 0 aliphatic carbocycles. The van der Waals surface area contributed by atoms with E-state index in [-0.39, 0.29) is 0 Å². The summed E-state index contributed by atoms with van der Waals surface area (Å²) in [6.45, 7) is 5.32. The Morgan fingerprint density at radius 1 is 1.30 bits per heavy atom. The summed E-state index contributed by atoms with van der Waals surface area (Å²) in [7, 11) is 0. The summed E-state index contributed by atoms with van der Waals surface area (Å²) in [5.74, 6) is 0. The van der Waals surface area contributed by atoms with Crippen LogP contribution in [0.2, 0.25) is 4.34 Å². The molecule has 108 valence electrons. The molecule has 1 unspecified atom stereocenters. The molecular formula is C16H19BrClNS. The summed E-state index contributed by atoms with van der Waals surface area (Å²) in [4.78, 5) is 1.29. The largest absolute Gasteiger partial charge is 0.309 e. The maximum atomic E-state index is 6.18. The van der Waals surface area contributed by atoms with E-state index in [9.17, 15) is 0 Å². The van der Waals surface area contributed by atoms with Crippen molar-refractivity contribution in [2.75, 3.05) is 6.54 Å². The van der Waals surface area contributed by atoms with E-state index in [1.54, 1.807) is 11.3 Å². The first-order chi connectivity index (χ1) is 9.60. The topological polar surface area (TPSA) is 12.0 Å². The molecule has 0 saturated heterocycles. The summed E-state index contributed by atoms with van der Waals surface area (Å²) in [5.41, 5.74) is 2.65. The van der Waals surface area contributed by atoms with Crippen molar-refractivity contribution in [3.05, 3.63) is 55.1 Å². The maximum Gasteiger partial charge on any atom is 0.107 e. The minimum Gasteiger partial charge on any atom is -0.309 e. The first kappa shape index (κ1) is 16.0. The molecule has 0 saturated carbocycles. The van der Waals surface area contributed by atoms with E-state index >= 15 is 0 Å². The lowest BCUT2D eigenvalue weighted by atomic mass is 10.0. The monoisotopic (exact) mass is 371 g/mol. The fourth-order valence-electron chi connectivity index (χ4n) is 2.09. The minimum atomic E-state index is 0.325. The van der Waals surface area contributed by atoms with E-state index in [0.717, 1.165) is 28.2 Å². The number of benzene rings is 1. The van der Waals surface area contributed by atoms with Crippen molar-refractivity contribution in [2.24, 2.45) is 0 Å². The molecule has 1 aromatic carbocycles. The lowest BCUT2D eigenvalue weighted by Crippen LogP contribution is -2.23. The van der Waals surface area contributed by atoms with Crippen LogP contribution in [0.4, 0.5) is 0 Å². The number of halogens is 2. The highest BCUT2D eigenvalue weighted by Gasteiger charge is 2.16. The Labute approximate surface area is 138 Å². The predicted molar refractivity (Wildman–Crippen MR) is 92.9 cm³/mol. The summed E-state index contributed by atoms with van der Waals surface area (Å²) < 4.78 is 1.82. The van der Waals surface area contributed by atoms with Gasteiger partial charge in [0.25, 0.3) is 0 Å². The summed E-state index contributed by atoms with van der Waals surface area (Å²) in [6, 6.07) is 11.2. The number of aryl methyl sites for hydroxylation is 1. The van der Waals surface area contributed by atoms with Crippen LogP contribution in [-0.2, 0) is 6.42 Å². The van der Waals surface area contributed by atoms with E-state index in [0.29, 0.717) is 6.04 Å². The van der Waals surface area contributed by atoms with Gasteiger partial charge in [0.2, 0.25) is 0 Å². The Bertz CT molecular complexity index is 531. The molecule has 1 atom stereocenters. The molecule has 1 N–H and O–H groups in total. The number of hydrogen-bond donors (Lipinski definition) is 1. The van der Waals surface area contributed by atoms with Crippen LogP contribution in [0.15, 0.2) is 34.8 Å². The summed E-state index contributed by atoms with van der Waals surface area (Å²) in [5, 5.41) is 3.62. The van der Waals surface area contributed by atoms with Gasteiger partial charge >= 0.3 is 0 Å². The van der Waals surface area contributed by atoms with E-state index in [1.807, 2.05) is 0 Å². The number of nitrogens with one attached hydrogen (secondary N) is 1. The van der Waals surface area contributed by atoms with E-state index in [1.165, 1.54) is 16.0 Å². The van der Waals surface area contributed by atoms with Gasteiger partial charge in [0.15, 0.2) is 0 Å². The highest BCUT2D eigenvalue weighted by atomic mass is 79.9. The summed E-state index contributed by atoms with van der Waals surface area (Å²) in [6.07, 6.45) is 2.12. The molecule has 4 heteroatoms. The molecule has 0 bridgehead atoms. The standard InChI is InChI=1S/C16H19BrClNS/c1-3-8-19-14(15-10-13(17)16(18)20-15)9-12-6-4-11(2)5-7-12/h4-7,10,14,19H,3,8-9H2,1-2H3. The lowest BCUT2D eigenvalue weighted by Gasteiger charge is -2.17. The molecule has 2 aromatic rings. The Morgan fingerprint density at radius 2 is 2.00 bits per heavy atom. The average molecular weight is 373 g/mol. The fourth-order valence-corrected chi connectivity index (χ4v) is 3.90. The van der Waals surface area contributed by atoms with Gasteiger partial charge in [-0.15, -0.1) is 11.3 Å².